The van der Waals surface area contributed by atoms with Gasteiger partial charge in [-0.3, -0.25) is 9.59 Å². The van der Waals surface area contributed by atoms with Crippen molar-refractivity contribution in [3.63, 3.8) is 0 Å². The SMILES string of the molecule is O=C(Nc1cc(C(F)(F)F)c[nH]c1=O)c1csc(-c2cnn(-c3ccccc3)c2)n1. The molecule has 2 N–H and O–H groups in total. The number of hydrogen-bond donors (Lipinski definition) is 2. The Morgan fingerprint density at radius 3 is 2.70 bits per heavy atom. The van der Waals surface area contributed by atoms with Crippen molar-refractivity contribution in [1.82, 2.24) is 19.7 Å². The van der Waals surface area contributed by atoms with E-state index in [0.29, 0.717) is 22.8 Å². The number of amides is 1. The van der Waals surface area contributed by atoms with Crippen LogP contribution < -0.4 is 10.9 Å². The van der Waals surface area contributed by atoms with Gasteiger partial charge in [-0.25, -0.2) is 9.67 Å². The summed E-state index contributed by atoms with van der Waals surface area (Å²) in [5.74, 6) is -0.794. The molecule has 0 aliphatic carbocycles. The Labute approximate surface area is 170 Å². The Balaban J connectivity index is 1.54. The van der Waals surface area contributed by atoms with Crippen LogP contribution in [0.15, 0.2) is 65.2 Å². The maximum Gasteiger partial charge on any atom is 0.417 e. The first-order chi connectivity index (χ1) is 14.3. The molecule has 1 aromatic carbocycles. The number of para-hydroxylation sites is 1. The molecule has 0 saturated carbocycles. The lowest BCUT2D eigenvalue weighted by atomic mass is 10.2. The van der Waals surface area contributed by atoms with E-state index in [4.69, 9.17) is 0 Å². The molecular formula is C19H12F3N5O2S. The maximum atomic E-state index is 12.8. The molecule has 3 aromatic heterocycles. The van der Waals surface area contributed by atoms with E-state index in [1.807, 2.05) is 35.3 Å². The number of carbonyl (C=O) groups excluding carboxylic acids is 1. The van der Waals surface area contributed by atoms with Crippen LogP contribution >= 0.6 is 11.3 Å². The quantitative estimate of drug-likeness (QED) is 0.512. The summed E-state index contributed by atoms with van der Waals surface area (Å²) < 4.78 is 40.1. The summed E-state index contributed by atoms with van der Waals surface area (Å²) in [5.41, 5.74) is -0.956. The summed E-state index contributed by atoms with van der Waals surface area (Å²) in [6, 6.07) is 9.97. The van der Waals surface area contributed by atoms with Crippen LogP contribution in [0.2, 0.25) is 0 Å². The van der Waals surface area contributed by atoms with E-state index in [2.05, 4.69) is 15.4 Å². The van der Waals surface area contributed by atoms with Crippen molar-refractivity contribution in [3.8, 4) is 16.3 Å². The molecule has 30 heavy (non-hydrogen) atoms. The molecule has 0 aliphatic rings. The lowest BCUT2D eigenvalue weighted by Crippen LogP contribution is -2.21. The molecule has 152 valence electrons. The number of alkyl halides is 3. The first kappa shape index (κ1) is 19.6. The monoisotopic (exact) mass is 431 g/mol. The van der Waals surface area contributed by atoms with Crippen molar-refractivity contribution in [3.05, 3.63) is 82.0 Å². The highest BCUT2D eigenvalue weighted by molar-refractivity contribution is 7.13. The molecule has 0 saturated heterocycles. The second kappa shape index (κ2) is 7.59. The van der Waals surface area contributed by atoms with E-state index in [0.717, 1.165) is 5.69 Å². The molecular weight excluding hydrogens is 419 g/mol. The number of aromatic amines is 1. The second-order valence-corrected chi connectivity index (χ2v) is 6.99. The average Bonchev–Trinajstić information content (AvgIpc) is 3.39. The molecule has 0 aliphatic heterocycles. The standard InChI is InChI=1S/C19H12F3N5O2S/c20-19(21,22)12-6-14(16(28)23-8-12)25-17(29)15-10-30-18(26-15)11-7-24-27(9-11)13-4-2-1-3-5-13/h1-10H,(H,23,28)(H,25,29). The predicted molar refractivity (Wildman–Crippen MR) is 105 cm³/mol. The van der Waals surface area contributed by atoms with Gasteiger partial charge in [0.25, 0.3) is 11.5 Å². The first-order valence-electron chi connectivity index (χ1n) is 8.48. The number of carbonyl (C=O) groups is 1. The maximum absolute atomic E-state index is 12.8. The molecule has 0 unspecified atom stereocenters. The van der Waals surface area contributed by atoms with Gasteiger partial charge in [0, 0.05) is 23.3 Å². The van der Waals surface area contributed by atoms with Crippen molar-refractivity contribution >= 4 is 22.9 Å². The number of benzene rings is 1. The Hall–Kier alpha value is -3.73. The highest BCUT2D eigenvalue weighted by Gasteiger charge is 2.31. The lowest BCUT2D eigenvalue weighted by Gasteiger charge is -2.08. The summed E-state index contributed by atoms with van der Waals surface area (Å²) >= 11 is 1.17. The van der Waals surface area contributed by atoms with Crippen LogP contribution in [0, 0.1) is 0 Å². The molecule has 4 rings (SSSR count). The van der Waals surface area contributed by atoms with Gasteiger partial charge in [-0.1, -0.05) is 18.2 Å². The molecule has 11 heteroatoms. The highest BCUT2D eigenvalue weighted by atomic mass is 32.1. The second-order valence-electron chi connectivity index (χ2n) is 6.13. The van der Waals surface area contributed by atoms with E-state index in [1.54, 1.807) is 17.1 Å². The van der Waals surface area contributed by atoms with Crippen LogP contribution in [0.1, 0.15) is 16.1 Å². The smallest absolute Gasteiger partial charge is 0.327 e. The van der Waals surface area contributed by atoms with Gasteiger partial charge >= 0.3 is 6.18 Å². The summed E-state index contributed by atoms with van der Waals surface area (Å²) in [4.78, 5) is 30.3. The van der Waals surface area contributed by atoms with Crippen LogP contribution in [0.3, 0.4) is 0 Å². The zero-order valence-electron chi connectivity index (χ0n) is 15.0. The number of hydrogen-bond acceptors (Lipinski definition) is 5. The molecule has 4 aromatic rings. The van der Waals surface area contributed by atoms with Gasteiger partial charge in [-0.2, -0.15) is 18.3 Å². The van der Waals surface area contributed by atoms with Gasteiger partial charge in [0.05, 0.1) is 17.4 Å². The van der Waals surface area contributed by atoms with E-state index in [1.165, 1.54) is 16.7 Å². The van der Waals surface area contributed by atoms with Gasteiger partial charge in [0.2, 0.25) is 0 Å². The van der Waals surface area contributed by atoms with Crippen LogP contribution in [-0.2, 0) is 6.18 Å². The minimum atomic E-state index is -4.66. The van der Waals surface area contributed by atoms with Crippen LogP contribution in [-0.4, -0.2) is 25.7 Å². The van der Waals surface area contributed by atoms with Gasteiger partial charge in [0.1, 0.15) is 16.4 Å². The molecule has 7 nitrogen and oxygen atoms in total. The summed E-state index contributed by atoms with van der Waals surface area (Å²) in [6.45, 7) is 0. The topological polar surface area (TPSA) is 92.7 Å². The summed E-state index contributed by atoms with van der Waals surface area (Å²) in [6.07, 6.45) is -0.780. The van der Waals surface area contributed by atoms with Crippen molar-refractivity contribution in [2.24, 2.45) is 0 Å². The Kier molecular flexibility index (Phi) is 4.96. The molecule has 3 heterocycles. The lowest BCUT2D eigenvalue weighted by molar-refractivity contribution is -0.137. The van der Waals surface area contributed by atoms with Gasteiger partial charge in [-0.15, -0.1) is 11.3 Å². The third-order valence-corrected chi connectivity index (χ3v) is 4.96. The Morgan fingerprint density at radius 1 is 1.20 bits per heavy atom. The Morgan fingerprint density at radius 2 is 1.97 bits per heavy atom. The van der Waals surface area contributed by atoms with Crippen molar-refractivity contribution < 1.29 is 18.0 Å². The average molecular weight is 431 g/mol. The van der Waals surface area contributed by atoms with Crippen LogP contribution in [0.5, 0.6) is 0 Å². The zero-order valence-corrected chi connectivity index (χ0v) is 15.8. The van der Waals surface area contributed by atoms with Gasteiger partial charge in [-0.05, 0) is 18.2 Å². The van der Waals surface area contributed by atoms with Gasteiger partial charge < -0.3 is 10.3 Å². The zero-order chi connectivity index (χ0) is 21.3. The normalized spacial score (nSPS) is 11.4. The fourth-order valence-electron chi connectivity index (χ4n) is 2.59. The van der Waals surface area contributed by atoms with E-state index >= 15 is 0 Å². The largest absolute Gasteiger partial charge is 0.417 e. The van der Waals surface area contributed by atoms with Crippen LogP contribution in [0.4, 0.5) is 18.9 Å². The number of pyridine rings is 1. The number of anilines is 1. The first-order valence-corrected chi connectivity index (χ1v) is 9.36. The minimum Gasteiger partial charge on any atom is -0.327 e. The van der Waals surface area contributed by atoms with Crippen LogP contribution in [0.25, 0.3) is 16.3 Å². The number of rotatable bonds is 4. The number of H-pyrrole nitrogens is 1. The molecule has 0 bridgehead atoms. The summed E-state index contributed by atoms with van der Waals surface area (Å²) in [7, 11) is 0. The number of halogens is 3. The minimum absolute atomic E-state index is 0.0285. The number of nitrogens with one attached hydrogen (secondary N) is 2. The fourth-order valence-corrected chi connectivity index (χ4v) is 3.37. The molecule has 0 fully saturated rings. The van der Waals surface area contributed by atoms with Crippen molar-refractivity contribution in [2.75, 3.05) is 5.32 Å². The van der Waals surface area contributed by atoms with E-state index in [9.17, 15) is 22.8 Å². The highest BCUT2D eigenvalue weighted by Crippen LogP contribution is 2.29. The van der Waals surface area contributed by atoms with Crippen molar-refractivity contribution in [1.29, 1.82) is 0 Å². The third-order valence-electron chi connectivity index (χ3n) is 4.07. The third kappa shape index (κ3) is 4.01. The van der Waals surface area contributed by atoms with Gasteiger partial charge in [0.15, 0.2) is 0 Å². The van der Waals surface area contributed by atoms with E-state index < -0.39 is 28.9 Å². The molecule has 0 atom stereocenters. The summed E-state index contributed by atoms with van der Waals surface area (Å²) in [5, 5.41) is 8.39. The van der Waals surface area contributed by atoms with E-state index in [-0.39, 0.29) is 5.69 Å². The Bertz CT molecular complexity index is 1260. The molecule has 0 radical (unpaired) electrons. The molecule has 1 amide bonds. The fraction of sp³-hybridized carbons (Fsp3) is 0.0526. The predicted octanol–water partition coefficient (Wildman–Crippen LogP) is 3.96. The number of nitrogens with zero attached hydrogens (tertiary/aromatic N) is 3. The van der Waals surface area contributed by atoms with Crippen molar-refractivity contribution in [2.45, 2.75) is 6.18 Å². The number of thiazole rings is 1. The molecule has 0 spiro atoms. The number of aromatic nitrogens is 4.